The summed E-state index contributed by atoms with van der Waals surface area (Å²) in [5.74, 6) is 0.288. The first-order chi connectivity index (χ1) is 5.83. The maximum Gasteiger partial charge on any atom is 0.224 e. The van der Waals surface area contributed by atoms with Crippen LogP contribution in [0.2, 0.25) is 0 Å². The average molecular weight is 169 g/mol. The van der Waals surface area contributed by atoms with Gasteiger partial charge in [0.1, 0.15) is 6.23 Å². The number of nitrogens with zero attached hydrogens (tertiary/aromatic N) is 1. The number of ether oxygens (including phenoxy) is 1. The lowest BCUT2D eigenvalue weighted by Gasteiger charge is -2.23. The molecule has 3 nitrogen and oxygen atoms in total. The maximum absolute atomic E-state index is 11.4. The van der Waals surface area contributed by atoms with Crippen LogP contribution in [0, 0.1) is 0 Å². The second-order valence-corrected chi connectivity index (χ2v) is 3.48. The summed E-state index contributed by atoms with van der Waals surface area (Å²) in [7, 11) is 0. The van der Waals surface area contributed by atoms with Gasteiger partial charge in [0.05, 0.1) is 0 Å². The van der Waals surface area contributed by atoms with E-state index in [-0.39, 0.29) is 12.1 Å². The van der Waals surface area contributed by atoms with E-state index in [1.165, 1.54) is 0 Å². The normalized spacial score (nSPS) is 34.4. The van der Waals surface area contributed by atoms with Crippen LogP contribution < -0.4 is 0 Å². The molecule has 68 valence electrons. The summed E-state index contributed by atoms with van der Waals surface area (Å²) >= 11 is 0. The second kappa shape index (κ2) is 3.05. The van der Waals surface area contributed by atoms with Gasteiger partial charge in [0.25, 0.3) is 0 Å². The van der Waals surface area contributed by atoms with Gasteiger partial charge in [-0.15, -0.1) is 0 Å². The molecule has 2 unspecified atom stereocenters. The molecule has 0 aromatic carbocycles. The molecule has 12 heavy (non-hydrogen) atoms. The monoisotopic (exact) mass is 169 g/mol. The minimum Gasteiger partial charge on any atom is -0.359 e. The van der Waals surface area contributed by atoms with Gasteiger partial charge in [0.2, 0.25) is 5.91 Å². The lowest BCUT2D eigenvalue weighted by molar-refractivity contribution is -0.139. The van der Waals surface area contributed by atoms with E-state index in [9.17, 15) is 4.79 Å². The molecular weight excluding hydrogens is 154 g/mol. The van der Waals surface area contributed by atoms with E-state index < -0.39 is 0 Å². The Balaban J connectivity index is 2.04. The highest BCUT2D eigenvalue weighted by atomic mass is 16.5. The van der Waals surface area contributed by atoms with E-state index in [4.69, 9.17) is 4.74 Å². The summed E-state index contributed by atoms with van der Waals surface area (Å²) in [6.07, 6.45) is 4.03. The van der Waals surface area contributed by atoms with E-state index >= 15 is 0 Å². The van der Waals surface area contributed by atoms with Crippen molar-refractivity contribution in [3.05, 3.63) is 0 Å². The second-order valence-electron chi connectivity index (χ2n) is 3.48. The molecule has 2 rings (SSSR count). The van der Waals surface area contributed by atoms with Crippen molar-refractivity contribution in [1.82, 2.24) is 4.90 Å². The third-order valence-corrected chi connectivity index (χ3v) is 2.79. The number of amides is 1. The van der Waals surface area contributed by atoms with Gasteiger partial charge >= 0.3 is 0 Å². The van der Waals surface area contributed by atoms with Crippen LogP contribution in [0.1, 0.15) is 32.6 Å². The van der Waals surface area contributed by atoms with Crippen molar-refractivity contribution in [2.45, 2.75) is 44.9 Å². The minimum absolute atomic E-state index is 0.0926. The van der Waals surface area contributed by atoms with Gasteiger partial charge < -0.3 is 9.64 Å². The minimum atomic E-state index is 0.0926. The van der Waals surface area contributed by atoms with E-state index in [0.29, 0.717) is 12.6 Å². The molecule has 0 aromatic heterocycles. The van der Waals surface area contributed by atoms with Crippen LogP contribution in [0.15, 0.2) is 0 Å². The Kier molecular flexibility index (Phi) is 2.05. The van der Waals surface area contributed by atoms with Gasteiger partial charge in [-0.05, 0) is 26.2 Å². The molecule has 2 fully saturated rings. The molecule has 2 heterocycles. The number of rotatable bonds is 2. The topological polar surface area (TPSA) is 29.5 Å². The van der Waals surface area contributed by atoms with E-state index in [0.717, 1.165) is 25.7 Å². The number of carbonyl (C=O) groups excluding carboxylic acids is 1. The summed E-state index contributed by atoms with van der Waals surface area (Å²) < 4.78 is 5.49. The first kappa shape index (κ1) is 8.05. The molecule has 3 heteroatoms. The molecule has 0 aliphatic carbocycles. The smallest absolute Gasteiger partial charge is 0.224 e. The fourth-order valence-electron chi connectivity index (χ4n) is 2.27. The number of fused-ring (bicyclic) bond motifs is 1. The molecule has 2 atom stereocenters. The Morgan fingerprint density at radius 1 is 1.50 bits per heavy atom. The zero-order chi connectivity index (χ0) is 8.55. The van der Waals surface area contributed by atoms with Crippen LogP contribution in [-0.4, -0.2) is 29.7 Å². The van der Waals surface area contributed by atoms with Gasteiger partial charge in [0, 0.05) is 19.1 Å². The molecule has 0 spiro atoms. The Bertz CT molecular complexity index is 191. The van der Waals surface area contributed by atoms with Crippen LogP contribution in [0.3, 0.4) is 0 Å². The van der Waals surface area contributed by atoms with Crippen LogP contribution in [0.25, 0.3) is 0 Å². The molecule has 0 bridgehead atoms. The zero-order valence-corrected chi connectivity index (χ0v) is 7.45. The molecule has 1 amide bonds. The van der Waals surface area contributed by atoms with Crippen molar-refractivity contribution in [2.24, 2.45) is 0 Å². The average Bonchev–Trinajstić information content (AvgIpc) is 2.58. The lowest BCUT2D eigenvalue weighted by atomic mass is 10.1. The van der Waals surface area contributed by atoms with Crippen molar-refractivity contribution in [2.75, 3.05) is 6.61 Å². The predicted molar refractivity (Wildman–Crippen MR) is 44.5 cm³/mol. The van der Waals surface area contributed by atoms with Crippen LogP contribution in [-0.2, 0) is 9.53 Å². The van der Waals surface area contributed by atoms with Crippen molar-refractivity contribution < 1.29 is 9.53 Å². The maximum atomic E-state index is 11.4. The fourth-order valence-corrected chi connectivity index (χ4v) is 2.27. The Hall–Kier alpha value is -0.570. The summed E-state index contributed by atoms with van der Waals surface area (Å²) in [5, 5.41) is 0. The molecule has 0 N–H and O–H groups in total. The summed E-state index contributed by atoms with van der Waals surface area (Å²) in [6, 6.07) is 0.494. The quantitative estimate of drug-likeness (QED) is 0.620. The van der Waals surface area contributed by atoms with Gasteiger partial charge in [-0.25, -0.2) is 0 Å². The highest BCUT2D eigenvalue weighted by molar-refractivity contribution is 5.79. The molecule has 2 saturated heterocycles. The highest BCUT2D eigenvalue weighted by Crippen LogP contribution is 2.33. The third-order valence-electron chi connectivity index (χ3n) is 2.79. The fraction of sp³-hybridized carbons (Fsp3) is 0.889. The standard InChI is InChI=1S/C9H15NO2/c1-2-12-9-6-4-7-3-5-8(11)10(7)9/h7,9H,2-6H2,1H3. The SMILES string of the molecule is CCOC1CCC2CCC(=O)N21. The van der Waals surface area contributed by atoms with E-state index in [2.05, 4.69) is 0 Å². The van der Waals surface area contributed by atoms with Gasteiger partial charge in [-0.3, -0.25) is 4.79 Å². The van der Waals surface area contributed by atoms with Crippen molar-refractivity contribution in [3.8, 4) is 0 Å². The lowest BCUT2D eigenvalue weighted by Crippen LogP contribution is -2.36. The van der Waals surface area contributed by atoms with Crippen LogP contribution in [0.5, 0.6) is 0 Å². The van der Waals surface area contributed by atoms with Gasteiger partial charge in [-0.2, -0.15) is 0 Å². The van der Waals surface area contributed by atoms with Gasteiger partial charge in [0.15, 0.2) is 0 Å². The molecule has 0 aromatic rings. The zero-order valence-electron chi connectivity index (χ0n) is 7.45. The number of hydrogen-bond acceptors (Lipinski definition) is 2. The largest absolute Gasteiger partial charge is 0.359 e. The van der Waals surface area contributed by atoms with Crippen LogP contribution in [0.4, 0.5) is 0 Å². The summed E-state index contributed by atoms with van der Waals surface area (Å²) in [4.78, 5) is 13.3. The summed E-state index contributed by atoms with van der Waals surface area (Å²) in [6.45, 7) is 2.69. The predicted octanol–water partition coefficient (Wildman–Crippen LogP) is 1.13. The van der Waals surface area contributed by atoms with Crippen LogP contribution >= 0.6 is 0 Å². The first-order valence-electron chi connectivity index (χ1n) is 4.75. The molecular formula is C9H15NO2. The summed E-state index contributed by atoms with van der Waals surface area (Å²) in [5.41, 5.74) is 0. The molecule has 2 aliphatic heterocycles. The number of carbonyl (C=O) groups is 1. The van der Waals surface area contributed by atoms with Crippen molar-refractivity contribution in [3.63, 3.8) is 0 Å². The third kappa shape index (κ3) is 1.12. The van der Waals surface area contributed by atoms with E-state index in [1.807, 2.05) is 11.8 Å². The van der Waals surface area contributed by atoms with Crippen molar-refractivity contribution in [1.29, 1.82) is 0 Å². The van der Waals surface area contributed by atoms with Crippen molar-refractivity contribution >= 4 is 5.91 Å². The molecule has 0 radical (unpaired) electrons. The Morgan fingerprint density at radius 2 is 2.33 bits per heavy atom. The van der Waals surface area contributed by atoms with E-state index in [1.54, 1.807) is 0 Å². The number of hydrogen-bond donors (Lipinski definition) is 0. The molecule has 2 aliphatic rings. The molecule has 0 saturated carbocycles. The first-order valence-corrected chi connectivity index (χ1v) is 4.75. The Labute approximate surface area is 72.7 Å². The van der Waals surface area contributed by atoms with Gasteiger partial charge in [-0.1, -0.05) is 0 Å². The highest BCUT2D eigenvalue weighted by Gasteiger charge is 2.41. The Morgan fingerprint density at radius 3 is 3.08 bits per heavy atom.